The summed E-state index contributed by atoms with van der Waals surface area (Å²) >= 11 is -7.43. The topological polar surface area (TPSA) is 55.4 Å². The summed E-state index contributed by atoms with van der Waals surface area (Å²) in [5, 5.41) is 0. The Morgan fingerprint density at radius 2 is 0.414 bits per heavy atom. The van der Waals surface area contributed by atoms with Crippen LogP contribution >= 0.6 is 20.0 Å². The van der Waals surface area contributed by atoms with Gasteiger partial charge in [-0.3, -0.25) is 0 Å². The molecule has 0 unspecified atom stereocenters. The first-order chi connectivity index (χ1) is 28.3. The molecule has 0 radical (unpaired) electrons. The van der Waals surface area contributed by atoms with Gasteiger partial charge in [0.05, 0.1) is 0 Å². The van der Waals surface area contributed by atoms with Gasteiger partial charge in [-0.25, -0.2) is 0 Å². The second-order valence-corrected chi connectivity index (χ2v) is 31.1. The van der Waals surface area contributed by atoms with Gasteiger partial charge in [-0.05, 0) is 0 Å². The van der Waals surface area contributed by atoms with Crippen molar-refractivity contribution in [1.82, 2.24) is 0 Å². The predicted octanol–water partition coefficient (Wildman–Crippen LogP) is 8.18. The molecule has 6 aromatic rings. The van der Waals surface area contributed by atoms with Crippen LogP contribution in [0.2, 0.25) is 0 Å². The Bertz CT molecular complexity index is 1800. The molecule has 0 aliphatic rings. The number of hydrogen-bond acceptors (Lipinski definition) is 6. The van der Waals surface area contributed by atoms with Crippen molar-refractivity contribution in [3.05, 3.63) is 146 Å². The molecule has 0 aliphatic heterocycles. The monoisotopic (exact) mass is 944 g/mol. The Kier molecular flexibility index (Phi) is 17.2. The fourth-order valence-corrected chi connectivity index (χ4v) is 25.9. The number of para-hydroxylation sites is 6. The standard InChI is InChI=1S/2C24H27ClGeO3/c2*1-4-27-22-16-10-7-13-19(22)26(25,20-14-8-11-17-23(20)28-5-2)21-15-9-12-18-24(21)29-6-3/h2*7-18H,4-6H2,1-3H3. The molecule has 0 saturated carbocycles. The van der Waals surface area contributed by atoms with Crippen LogP contribution in [-0.2, 0) is 0 Å². The van der Waals surface area contributed by atoms with Crippen molar-refractivity contribution in [3.63, 3.8) is 0 Å². The van der Waals surface area contributed by atoms with Crippen LogP contribution in [0.25, 0.3) is 0 Å². The molecule has 304 valence electrons. The van der Waals surface area contributed by atoms with Crippen molar-refractivity contribution in [2.24, 2.45) is 0 Å². The van der Waals surface area contributed by atoms with Gasteiger partial charge in [-0.15, -0.1) is 0 Å². The van der Waals surface area contributed by atoms with Gasteiger partial charge >= 0.3 is 361 Å². The molecule has 0 saturated heterocycles. The van der Waals surface area contributed by atoms with E-state index in [0.29, 0.717) is 39.6 Å². The van der Waals surface area contributed by atoms with E-state index >= 15 is 0 Å². The molecule has 0 amide bonds. The van der Waals surface area contributed by atoms with Gasteiger partial charge in [-0.2, -0.15) is 0 Å². The Morgan fingerprint density at radius 1 is 0.276 bits per heavy atom. The van der Waals surface area contributed by atoms with Crippen LogP contribution in [0.5, 0.6) is 34.5 Å². The van der Waals surface area contributed by atoms with E-state index in [0.717, 1.165) is 60.9 Å². The van der Waals surface area contributed by atoms with Crippen LogP contribution in [0.3, 0.4) is 0 Å². The number of halogens is 2. The molecule has 58 heavy (non-hydrogen) atoms. The van der Waals surface area contributed by atoms with E-state index in [4.69, 9.17) is 48.4 Å². The summed E-state index contributed by atoms with van der Waals surface area (Å²) in [7, 11) is 15.6. The van der Waals surface area contributed by atoms with E-state index in [2.05, 4.69) is 36.4 Å². The van der Waals surface area contributed by atoms with Gasteiger partial charge in [0.2, 0.25) is 0 Å². The number of benzene rings is 6. The summed E-state index contributed by atoms with van der Waals surface area (Å²) in [6.07, 6.45) is 0. The van der Waals surface area contributed by atoms with Crippen molar-refractivity contribution in [2.45, 2.75) is 41.5 Å². The summed E-state index contributed by atoms with van der Waals surface area (Å²) in [5.74, 6) is 4.93. The van der Waals surface area contributed by atoms with Crippen molar-refractivity contribution < 1.29 is 28.4 Å². The maximum absolute atomic E-state index is 7.79. The van der Waals surface area contributed by atoms with E-state index < -0.39 is 24.7 Å². The first-order valence-corrected chi connectivity index (χ1v) is 31.8. The molecular weight excluding hydrogens is 889 g/mol. The van der Waals surface area contributed by atoms with E-state index in [-0.39, 0.29) is 0 Å². The van der Waals surface area contributed by atoms with Crippen LogP contribution in [0, 0.1) is 0 Å². The number of rotatable bonds is 18. The van der Waals surface area contributed by atoms with Crippen molar-refractivity contribution in [3.8, 4) is 34.5 Å². The average molecular weight is 943 g/mol. The Labute approximate surface area is 358 Å². The summed E-state index contributed by atoms with van der Waals surface area (Å²) < 4.78 is 42.3. The third-order valence-electron chi connectivity index (χ3n) is 9.35. The van der Waals surface area contributed by atoms with Crippen LogP contribution in [0.4, 0.5) is 0 Å². The first kappa shape index (κ1) is 44.9. The summed E-state index contributed by atoms with van der Waals surface area (Å²) in [6.45, 7) is 15.4. The van der Waals surface area contributed by atoms with Crippen molar-refractivity contribution in [1.29, 1.82) is 0 Å². The van der Waals surface area contributed by atoms with Gasteiger partial charge < -0.3 is 0 Å². The van der Waals surface area contributed by atoms with Crippen molar-refractivity contribution in [2.75, 3.05) is 39.6 Å². The number of ether oxygens (including phenoxy) is 6. The van der Waals surface area contributed by atoms with E-state index in [9.17, 15) is 0 Å². The van der Waals surface area contributed by atoms with Crippen LogP contribution in [-0.4, -0.2) is 64.3 Å². The quantitative estimate of drug-likeness (QED) is 0.0812. The Morgan fingerprint density at radius 3 is 0.552 bits per heavy atom. The first-order valence-electron chi connectivity index (χ1n) is 20.0. The average Bonchev–Trinajstić information content (AvgIpc) is 3.25. The second-order valence-electron chi connectivity index (χ2n) is 12.9. The normalized spacial score (nSPS) is 11.2. The van der Waals surface area contributed by atoms with Crippen molar-refractivity contribution >= 4 is 71.1 Å². The molecule has 0 aliphatic carbocycles. The molecule has 0 fully saturated rings. The van der Waals surface area contributed by atoms with Gasteiger partial charge in [0.15, 0.2) is 0 Å². The van der Waals surface area contributed by atoms with Crippen LogP contribution < -0.4 is 54.8 Å². The van der Waals surface area contributed by atoms with E-state index in [1.807, 2.05) is 151 Å². The zero-order valence-electron chi connectivity index (χ0n) is 34.3. The molecule has 6 nitrogen and oxygen atoms in total. The van der Waals surface area contributed by atoms with Gasteiger partial charge in [0, 0.05) is 0 Å². The maximum atomic E-state index is 7.79. The van der Waals surface area contributed by atoms with Crippen LogP contribution in [0.1, 0.15) is 41.5 Å². The zero-order valence-corrected chi connectivity index (χ0v) is 40.0. The SMILES string of the molecule is CCOc1cccc[c]1[Ge]([Cl])([c]1ccccc1OCC)[c]1ccccc1OCC.CCOc1cccc[c]1[Ge]([Cl])([c]1ccccc1OCC)[c]1ccccc1OCC. The molecule has 10 heteroatoms. The molecule has 0 N–H and O–H groups in total. The summed E-state index contributed by atoms with van der Waals surface area (Å²) in [6, 6.07) is 48.5. The van der Waals surface area contributed by atoms with Gasteiger partial charge in [0.25, 0.3) is 0 Å². The molecule has 0 atom stereocenters. The second kappa shape index (κ2) is 22.2. The van der Waals surface area contributed by atoms with E-state index in [1.165, 1.54) is 0 Å². The fourth-order valence-electron chi connectivity index (χ4n) is 7.07. The molecule has 6 aromatic carbocycles. The Balaban J connectivity index is 0.000000221. The Hall–Kier alpha value is -4.21. The van der Waals surface area contributed by atoms with Gasteiger partial charge in [-0.1, -0.05) is 0 Å². The molecular formula is C48H54Cl2Ge2O6. The molecule has 0 heterocycles. The molecule has 0 aromatic heterocycles. The summed E-state index contributed by atoms with van der Waals surface area (Å²) in [4.78, 5) is 0. The fraction of sp³-hybridized carbons (Fsp3) is 0.250. The number of hydrogen-bond donors (Lipinski definition) is 0. The molecule has 6 rings (SSSR count). The third-order valence-corrected chi connectivity index (χ3v) is 30.2. The van der Waals surface area contributed by atoms with E-state index in [1.54, 1.807) is 0 Å². The van der Waals surface area contributed by atoms with Gasteiger partial charge in [0.1, 0.15) is 0 Å². The minimum absolute atomic E-state index is 0.576. The zero-order chi connectivity index (χ0) is 41.4. The third kappa shape index (κ3) is 9.96. The summed E-state index contributed by atoms with van der Waals surface area (Å²) in [5.41, 5.74) is 0. The predicted molar refractivity (Wildman–Crippen MR) is 247 cm³/mol. The molecule has 0 bridgehead atoms. The van der Waals surface area contributed by atoms with Crippen LogP contribution in [0.15, 0.2) is 146 Å². The molecule has 0 spiro atoms. The minimum atomic E-state index is -3.72.